The van der Waals surface area contributed by atoms with Crippen LogP contribution < -0.4 is 5.32 Å². The highest BCUT2D eigenvalue weighted by atomic mass is 32.2. The van der Waals surface area contributed by atoms with E-state index in [0.717, 1.165) is 11.5 Å². The zero-order valence-electron chi connectivity index (χ0n) is 13.4. The smallest absolute Gasteiger partial charge is 0.0412 e. The van der Waals surface area contributed by atoms with Gasteiger partial charge in [0.2, 0.25) is 0 Å². The number of hydrogen-bond donors (Lipinski definition) is 1. The lowest BCUT2D eigenvalue weighted by atomic mass is 10.0. The summed E-state index contributed by atoms with van der Waals surface area (Å²) in [4.78, 5) is 0. The average molecular weight is 299 g/mol. The first-order valence-corrected chi connectivity index (χ1v) is 8.64. The number of hydrogen-bond acceptors (Lipinski definition) is 2. The second-order valence-corrected chi connectivity index (χ2v) is 6.67. The van der Waals surface area contributed by atoms with Crippen molar-refractivity contribution in [1.82, 2.24) is 5.32 Å². The molecular weight excluding hydrogens is 274 g/mol. The summed E-state index contributed by atoms with van der Waals surface area (Å²) in [5.41, 5.74) is 6.96. The Morgan fingerprint density at radius 2 is 1.76 bits per heavy atom. The van der Waals surface area contributed by atoms with Crippen molar-refractivity contribution >= 4 is 11.8 Å². The highest BCUT2D eigenvalue weighted by molar-refractivity contribution is 7.98. The molecule has 1 unspecified atom stereocenters. The van der Waals surface area contributed by atoms with Crippen LogP contribution in [-0.4, -0.2) is 12.8 Å². The minimum absolute atomic E-state index is 0.416. The van der Waals surface area contributed by atoms with Gasteiger partial charge in [0.1, 0.15) is 0 Å². The van der Waals surface area contributed by atoms with Gasteiger partial charge in [-0.05, 0) is 50.1 Å². The number of thioether (sulfide) groups is 1. The fourth-order valence-corrected chi connectivity index (χ4v) is 3.85. The normalized spacial score (nSPS) is 12.4. The highest BCUT2D eigenvalue weighted by Crippen LogP contribution is 2.25. The van der Waals surface area contributed by atoms with Gasteiger partial charge in [0.15, 0.2) is 0 Å². The van der Waals surface area contributed by atoms with Gasteiger partial charge in [0.05, 0.1) is 0 Å². The molecule has 0 saturated carbocycles. The van der Waals surface area contributed by atoms with Crippen molar-refractivity contribution in [2.75, 3.05) is 12.8 Å². The monoisotopic (exact) mass is 299 g/mol. The third-order valence-corrected chi connectivity index (χ3v) is 5.04. The van der Waals surface area contributed by atoms with Crippen LogP contribution in [0.15, 0.2) is 42.5 Å². The fourth-order valence-electron chi connectivity index (χ4n) is 2.60. The minimum atomic E-state index is 0.416. The first-order chi connectivity index (χ1) is 10.1. The highest BCUT2D eigenvalue weighted by Gasteiger charge is 2.12. The molecule has 2 heteroatoms. The zero-order valence-corrected chi connectivity index (χ0v) is 14.3. The Hall–Kier alpha value is -1.25. The molecule has 0 amide bonds. The van der Waals surface area contributed by atoms with E-state index in [1.807, 2.05) is 11.8 Å². The topological polar surface area (TPSA) is 12.0 Å². The standard InChI is InChI=1S/C19H25NS/c1-14-9-10-18(16(3)11-14)19(20-4)13-21-12-17-8-6-5-7-15(17)2/h5-11,19-20H,12-13H2,1-4H3. The van der Waals surface area contributed by atoms with Gasteiger partial charge in [-0.2, -0.15) is 11.8 Å². The van der Waals surface area contributed by atoms with Crippen molar-refractivity contribution in [2.45, 2.75) is 32.6 Å². The molecule has 0 spiro atoms. The Morgan fingerprint density at radius 3 is 2.43 bits per heavy atom. The van der Waals surface area contributed by atoms with Crippen LogP contribution >= 0.6 is 11.8 Å². The van der Waals surface area contributed by atoms with E-state index in [1.165, 1.54) is 27.8 Å². The van der Waals surface area contributed by atoms with Gasteiger partial charge in [-0.15, -0.1) is 0 Å². The van der Waals surface area contributed by atoms with Crippen LogP contribution in [0.2, 0.25) is 0 Å². The maximum atomic E-state index is 3.46. The molecule has 21 heavy (non-hydrogen) atoms. The Balaban J connectivity index is 1.98. The lowest BCUT2D eigenvalue weighted by molar-refractivity contribution is 0.657. The van der Waals surface area contributed by atoms with Gasteiger partial charge >= 0.3 is 0 Å². The maximum Gasteiger partial charge on any atom is 0.0412 e. The van der Waals surface area contributed by atoms with E-state index in [1.54, 1.807) is 0 Å². The van der Waals surface area contributed by atoms with E-state index in [9.17, 15) is 0 Å². The molecule has 2 aromatic carbocycles. The molecule has 0 radical (unpaired) electrons. The van der Waals surface area contributed by atoms with Gasteiger partial charge in [-0.1, -0.05) is 48.0 Å². The predicted molar refractivity (Wildman–Crippen MR) is 95.1 cm³/mol. The Kier molecular flexibility index (Phi) is 5.89. The molecular formula is C19H25NS. The SMILES string of the molecule is CNC(CSCc1ccccc1C)c1ccc(C)cc1C. The van der Waals surface area contributed by atoms with Crippen molar-refractivity contribution in [3.8, 4) is 0 Å². The van der Waals surface area contributed by atoms with Crippen LogP contribution in [0.3, 0.4) is 0 Å². The zero-order chi connectivity index (χ0) is 15.2. The van der Waals surface area contributed by atoms with Gasteiger partial charge in [0.25, 0.3) is 0 Å². The van der Waals surface area contributed by atoms with E-state index in [0.29, 0.717) is 6.04 Å². The molecule has 1 atom stereocenters. The summed E-state index contributed by atoms with van der Waals surface area (Å²) in [5, 5.41) is 3.46. The van der Waals surface area contributed by atoms with Crippen molar-refractivity contribution in [2.24, 2.45) is 0 Å². The van der Waals surface area contributed by atoms with E-state index in [4.69, 9.17) is 0 Å². The van der Waals surface area contributed by atoms with E-state index in [2.05, 4.69) is 75.6 Å². The van der Waals surface area contributed by atoms with Gasteiger partial charge in [-0.25, -0.2) is 0 Å². The molecule has 112 valence electrons. The van der Waals surface area contributed by atoms with Crippen molar-refractivity contribution < 1.29 is 0 Å². The summed E-state index contributed by atoms with van der Waals surface area (Å²) < 4.78 is 0. The lowest BCUT2D eigenvalue weighted by Crippen LogP contribution is -2.19. The number of aryl methyl sites for hydroxylation is 3. The van der Waals surface area contributed by atoms with Gasteiger partial charge in [0, 0.05) is 17.5 Å². The summed E-state index contributed by atoms with van der Waals surface area (Å²) in [6.07, 6.45) is 0. The largest absolute Gasteiger partial charge is 0.312 e. The first kappa shape index (κ1) is 16.1. The van der Waals surface area contributed by atoms with Crippen LogP contribution in [0, 0.1) is 20.8 Å². The molecule has 0 fully saturated rings. The Morgan fingerprint density at radius 1 is 1.00 bits per heavy atom. The van der Waals surface area contributed by atoms with Crippen LogP contribution in [0.5, 0.6) is 0 Å². The van der Waals surface area contributed by atoms with E-state index < -0.39 is 0 Å². The number of rotatable bonds is 6. The maximum absolute atomic E-state index is 3.46. The Labute approximate surface area is 133 Å². The van der Waals surface area contributed by atoms with E-state index >= 15 is 0 Å². The molecule has 0 heterocycles. The summed E-state index contributed by atoms with van der Waals surface area (Å²) >= 11 is 2.00. The second-order valence-electron chi connectivity index (χ2n) is 5.64. The molecule has 0 bridgehead atoms. The summed E-state index contributed by atoms with van der Waals surface area (Å²) in [6, 6.07) is 15.8. The quantitative estimate of drug-likeness (QED) is 0.822. The first-order valence-electron chi connectivity index (χ1n) is 7.48. The van der Waals surface area contributed by atoms with Gasteiger partial charge in [-0.3, -0.25) is 0 Å². The van der Waals surface area contributed by atoms with E-state index in [-0.39, 0.29) is 0 Å². The molecule has 0 aliphatic rings. The molecule has 0 aliphatic heterocycles. The lowest BCUT2D eigenvalue weighted by Gasteiger charge is -2.19. The summed E-state index contributed by atoms with van der Waals surface area (Å²) in [7, 11) is 2.05. The molecule has 0 aromatic heterocycles. The molecule has 2 aromatic rings. The molecule has 0 saturated heterocycles. The minimum Gasteiger partial charge on any atom is -0.312 e. The Bertz CT molecular complexity index is 592. The third-order valence-electron chi connectivity index (χ3n) is 3.95. The van der Waals surface area contributed by atoms with Crippen LogP contribution in [0.25, 0.3) is 0 Å². The van der Waals surface area contributed by atoms with Gasteiger partial charge < -0.3 is 5.32 Å². The fraction of sp³-hybridized carbons (Fsp3) is 0.368. The second kappa shape index (κ2) is 7.67. The van der Waals surface area contributed by atoms with Crippen molar-refractivity contribution in [3.63, 3.8) is 0 Å². The van der Waals surface area contributed by atoms with Crippen LogP contribution in [0.4, 0.5) is 0 Å². The summed E-state index contributed by atoms with van der Waals surface area (Å²) in [6.45, 7) is 6.55. The van der Waals surface area contributed by atoms with Crippen LogP contribution in [0.1, 0.15) is 33.9 Å². The molecule has 1 nitrogen and oxygen atoms in total. The number of benzene rings is 2. The third kappa shape index (κ3) is 4.36. The molecule has 1 N–H and O–H groups in total. The number of nitrogens with one attached hydrogen (secondary N) is 1. The summed E-state index contributed by atoms with van der Waals surface area (Å²) in [5.74, 6) is 2.17. The van der Waals surface area contributed by atoms with Crippen molar-refractivity contribution in [1.29, 1.82) is 0 Å². The predicted octanol–water partition coefficient (Wildman–Crippen LogP) is 4.81. The van der Waals surface area contributed by atoms with Crippen LogP contribution in [-0.2, 0) is 5.75 Å². The average Bonchev–Trinajstić information content (AvgIpc) is 2.46. The van der Waals surface area contributed by atoms with Crippen molar-refractivity contribution in [3.05, 3.63) is 70.3 Å². The molecule has 2 rings (SSSR count). The molecule has 0 aliphatic carbocycles.